The summed E-state index contributed by atoms with van der Waals surface area (Å²) in [6, 6.07) is 0. The number of rotatable bonds is 1. The van der Waals surface area contributed by atoms with E-state index in [2.05, 4.69) is 0 Å². The number of aliphatic hydroxyl groups is 1. The van der Waals surface area contributed by atoms with Gasteiger partial charge in [0.05, 0.1) is 6.61 Å². The third-order valence-electron chi connectivity index (χ3n) is 3.01. The van der Waals surface area contributed by atoms with E-state index >= 15 is 0 Å². The Morgan fingerprint density at radius 3 is 2.08 bits per heavy atom. The zero-order valence-electron chi connectivity index (χ0n) is 6.84. The largest absolute Gasteiger partial charge is 0.394 e. The minimum Gasteiger partial charge on any atom is -0.394 e. The van der Waals surface area contributed by atoms with Crippen LogP contribution in [0, 0.1) is 0 Å². The van der Waals surface area contributed by atoms with E-state index in [0.717, 1.165) is 0 Å². The van der Waals surface area contributed by atoms with Crippen LogP contribution in [-0.2, 0) is 0 Å². The maximum Gasteiger partial charge on any atom is 0.115 e. The van der Waals surface area contributed by atoms with Crippen molar-refractivity contribution in [2.75, 3.05) is 19.7 Å². The highest BCUT2D eigenvalue weighted by atomic mass is 19.1. The standard InChI is InChI=1S/C8H13F2NO/c9-6-1-8(5-12)2-7(10)4-11(8)3-6/h6-7,12H,1-5H2/t6-,7+,8-. The highest BCUT2D eigenvalue weighted by Gasteiger charge is 2.51. The predicted octanol–water partition coefficient (Wildman–Crippen LogP) is 0.503. The normalized spacial score (nSPS) is 48.2. The molecular weight excluding hydrogens is 164 g/mol. The van der Waals surface area contributed by atoms with Crippen LogP contribution in [0.15, 0.2) is 0 Å². The van der Waals surface area contributed by atoms with Gasteiger partial charge < -0.3 is 5.11 Å². The van der Waals surface area contributed by atoms with E-state index in [1.165, 1.54) is 0 Å². The molecule has 12 heavy (non-hydrogen) atoms. The van der Waals surface area contributed by atoms with Crippen LogP contribution in [0.2, 0.25) is 0 Å². The maximum absolute atomic E-state index is 12.9. The van der Waals surface area contributed by atoms with Crippen LogP contribution in [0.3, 0.4) is 0 Å². The summed E-state index contributed by atoms with van der Waals surface area (Å²) in [4.78, 5) is 1.75. The lowest BCUT2D eigenvalue weighted by atomic mass is 9.94. The second-order valence-corrected chi connectivity index (χ2v) is 3.89. The zero-order valence-corrected chi connectivity index (χ0v) is 6.84. The maximum atomic E-state index is 12.9. The van der Waals surface area contributed by atoms with Gasteiger partial charge in [0.15, 0.2) is 0 Å². The van der Waals surface area contributed by atoms with Crippen molar-refractivity contribution in [3.8, 4) is 0 Å². The molecule has 3 atom stereocenters. The van der Waals surface area contributed by atoms with E-state index < -0.39 is 17.9 Å². The Bertz CT molecular complexity index is 174. The van der Waals surface area contributed by atoms with Crippen LogP contribution in [0.4, 0.5) is 8.78 Å². The molecule has 0 unspecified atom stereocenters. The molecule has 0 spiro atoms. The predicted molar refractivity (Wildman–Crippen MR) is 40.4 cm³/mol. The lowest BCUT2D eigenvalue weighted by Crippen LogP contribution is -2.41. The molecule has 70 valence electrons. The lowest BCUT2D eigenvalue weighted by Gasteiger charge is -2.28. The zero-order chi connectivity index (χ0) is 8.77. The van der Waals surface area contributed by atoms with Crippen LogP contribution in [-0.4, -0.2) is 47.6 Å². The number of hydrogen-bond donors (Lipinski definition) is 1. The topological polar surface area (TPSA) is 23.5 Å². The molecule has 0 aliphatic carbocycles. The SMILES string of the molecule is OC[C@@]12C[C@H](F)CN1C[C@H](F)C2. The molecule has 0 radical (unpaired) electrons. The summed E-state index contributed by atoms with van der Waals surface area (Å²) in [7, 11) is 0. The van der Waals surface area contributed by atoms with Crippen molar-refractivity contribution in [3.63, 3.8) is 0 Å². The van der Waals surface area contributed by atoms with E-state index in [-0.39, 0.29) is 6.61 Å². The number of nitrogens with zero attached hydrogens (tertiary/aromatic N) is 1. The van der Waals surface area contributed by atoms with Gasteiger partial charge in [0, 0.05) is 31.5 Å². The number of aliphatic hydroxyl groups excluding tert-OH is 1. The van der Waals surface area contributed by atoms with Gasteiger partial charge in [0.2, 0.25) is 0 Å². The van der Waals surface area contributed by atoms with Crippen molar-refractivity contribution in [1.29, 1.82) is 0 Å². The molecule has 2 saturated heterocycles. The number of alkyl halides is 2. The Hall–Kier alpha value is -0.220. The van der Waals surface area contributed by atoms with Crippen LogP contribution >= 0.6 is 0 Å². The van der Waals surface area contributed by atoms with Crippen molar-refractivity contribution in [2.24, 2.45) is 0 Å². The first-order valence-corrected chi connectivity index (χ1v) is 4.30. The van der Waals surface area contributed by atoms with Gasteiger partial charge in [0.25, 0.3) is 0 Å². The van der Waals surface area contributed by atoms with Gasteiger partial charge in [-0.1, -0.05) is 0 Å². The first kappa shape index (κ1) is 8.38. The van der Waals surface area contributed by atoms with E-state index in [1.807, 2.05) is 0 Å². The van der Waals surface area contributed by atoms with Gasteiger partial charge in [-0.3, -0.25) is 4.90 Å². The molecule has 2 heterocycles. The van der Waals surface area contributed by atoms with Crippen LogP contribution in [0.25, 0.3) is 0 Å². The molecule has 1 N–H and O–H groups in total. The highest BCUT2D eigenvalue weighted by Crippen LogP contribution is 2.40. The number of halogens is 2. The number of fused-ring (bicyclic) bond motifs is 1. The molecule has 2 fully saturated rings. The van der Waals surface area contributed by atoms with Crippen LogP contribution in [0.5, 0.6) is 0 Å². The Morgan fingerprint density at radius 2 is 1.75 bits per heavy atom. The molecule has 2 aliphatic rings. The highest BCUT2D eigenvalue weighted by molar-refractivity contribution is 5.06. The summed E-state index contributed by atoms with van der Waals surface area (Å²) in [6.45, 7) is 0.468. The van der Waals surface area contributed by atoms with Gasteiger partial charge in [-0.15, -0.1) is 0 Å². The fourth-order valence-corrected chi connectivity index (χ4v) is 2.46. The van der Waals surface area contributed by atoms with Crippen molar-refractivity contribution in [2.45, 2.75) is 30.7 Å². The molecule has 0 bridgehead atoms. The molecule has 0 aromatic heterocycles. The van der Waals surface area contributed by atoms with Gasteiger partial charge in [-0.25, -0.2) is 8.78 Å². The second kappa shape index (κ2) is 2.64. The third kappa shape index (κ3) is 1.05. The van der Waals surface area contributed by atoms with Crippen LogP contribution in [0.1, 0.15) is 12.8 Å². The first-order chi connectivity index (χ1) is 5.66. The van der Waals surface area contributed by atoms with Crippen molar-refractivity contribution in [1.82, 2.24) is 4.90 Å². The van der Waals surface area contributed by atoms with E-state index in [0.29, 0.717) is 25.9 Å². The van der Waals surface area contributed by atoms with Gasteiger partial charge >= 0.3 is 0 Å². The molecular formula is C8H13F2NO. The van der Waals surface area contributed by atoms with Gasteiger partial charge in [-0.05, 0) is 0 Å². The van der Waals surface area contributed by atoms with E-state index in [1.54, 1.807) is 4.90 Å². The molecule has 0 saturated carbocycles. The van der Waals surface area contributed by atoms with Crippen molar-refractivity contribution in [3.05, 3.63) is 0 Å². The fraction of sp³-hybridized carbons (Fsp3) is 1.00. The second-order valence-electron chi connectivity index (χ2n) is 3.89. The van der Waals surface area contributed by atoms with Crippen molar-refractivity contribution >= 4 is 0 Å². The average Bonchev–Trinajstić information content (AvgIpc) is 2.40. The Morgan fingerprint density at radius 1 is 1.25 bits per heavy atom. The Balaban J connectivity index is 2.16. The van der Waals surface area contributed by atoms with E-state index in [4.69, 9.17) is 5.11 Å². The summed E-state index contributed by atoms with van der Waals surface area (Å²) in [5.41, 5.74) is -0.571. The molecule has 2 aliphatic heterocycles. The summed E-state index contributed by atoms with van der Waals surface area (Å²) in [6.07, 6.45) is -1.18. The monoisotopic (exact) mass is 177 g/mol. The quantitative estimate of drug-likeness (QED) is 0.630. The van der Waals surface area contributed by atoms with Gasteiger partial charge in [0.1, 0.15) is 12.3 Å². The summed E-state index contributed by atoms with van der Waals surface area (Å²) >= 11 is 0. The molecule has 0 amide bonds. The third-order valence-corrected chi connectivity index (χ3v) is 3.01. The van der Waals surface area contributed by atoms with Crippen molar-refractivity contribution < 1.29 is 13.9 Å². The minimum atomic E-state index is -0.885. The van der Waals surface area contributed by atoms with Gasteiger partial charge in [-0.2, -0.15) is 0 Å². The van der Waals surface area contributed by atoms with E-state index in [9.17, 15) is 8.78 Å². The smallest absolute Gasteiger partial charge is 0.115 e. The molecule has 0 aromatic rings. The Kier molecular flexibility index (Phi) is 1.84. The summed E-state index contributed by atoms with van der Waals surface area (Å²) < 4.78 is 25.9. The Labute approximate surface area is 70.2 Å². The summed E-state index contributed by atoms with van der Waals surface area (Å²) in [5, 5.41) is 9.09. The minimum absolute atomic E-state index is 0.117. The average molecular weight is 177 g/mol. The lowest BCUT2D eigenvalue weighted by molar-refractivity contribution is 0.0993. The fourth-order valence-electron chi connectivity index (χ4n) is 2.46. The molecule has 0 aromatic carbocycles. The molecule has 2 rings (SSSR count). The molecule has 2 nitrogen and oxygen atoms in total. The summed E-state index contributed by atoms with van der Waals surface area (Å²) in [5.74, 6) is 0. The first-order valence-electron chi connectivity index (χ1n) is 4.30. The molecule has 4 heteroatoms. The number of hydrogen-bond acceptors (Lipinski definition) is 2. The van der Waals surface area contributed by atoms with Crippen LogP contribution < -0.4 is 0 Å².